The van der Waals surface area contributed by atoms with E-state index in [0.717, 1.165) is 32.1 Å². The summed E-state index contributed by atoms with van der Waals surface area (Å²) in [5.41, 5.74) is 0. The normalized spacial score (nSPS) is 39.0. The van der Waals surface area contributed by atoms with Crippen molar-refractivity contribution in [3.63, 3.8) is 0 Å². The molecule has 0 aromatic heterocycles. The van der Waals surface area contributed by atoms with E-state index in [2.05, 4.69) is 32.9 Å². The highest BCUT2D eigenvalue weighted by molar-refractivity contribution is 5.72. The number of fused-ring (bicyclic) bond motifs is 1. The van der Waals surface area contributed by atoms with Crippen LogP contribution < -0.4 is 0 Å². The Morgan fingerprint density at radius 2 is 1.94 bits per heavy atom. The van der Waals surface area contributed by atoms with E-state index >= 15 is 0 Å². The number of esters is 2. The number of hydrogen-bond acceptors (Lipinski definition) is 5. The van der Waals surface area contributed by atoms with E-state index in [9.17, 15) is 14.7 Å². The Labute approximate surface area is 188 Å². The highest BCUT2D eigenvalue weighted by Gasteiger charge is 2.47. The molecule has 31 heavy (non-hydrogen) atoms. The van der Waals surface area contributed by atoms with Gasteiger partial charge in [0.1, 0.15) is 12.2 Å². The van der Waals surface area contributed by atoms with Gasteiger partial charge in [0, 0.05) is 12.3 Å². The zero-order chi connectivity index (χ0) is 22.7. The number of allylic oxidation sites excluding steroid dienone is 2. The fraction of sp³-hybridized carbons (Fsp3) is 0.846. The highest BCUT2D eigenvalue weighted by Crippen LogP contribution is 2.49. The first-order valence-electron chi connectivity index (χ1n) is 12.5. The molecule has 1 heterocycles. The minimum absolute atomic E-state index is 0.0500. The van der Waals surface area contributed by atoms with Gasteiger partial charge >= 0.3 is 11.9 Å². The highest BCUT2D eigenvalue weighted by atomic mass is 16.5. The molecule has 2 fully saturated rings. The fourth-order valence-electron chi connectivity index (χ4n) is 6.09. The Kier molecular flexibility index (Phi) is 8.23. The van der Waals surface area contributed by atoms with E-state index in [0.29, 0.717) is 41.9 Å². The van der Waals surface area contributed by atoms with Crippen LogP contribution in [0.15, 0.2) is 12.2 Å². The van der Waals surface area contributed by atoms with Crippen LogP contribution in [0.4, 0.5) is 0 Å². The van der Waals surface area contributed by atoms with Crippen molar-refractivity contribution in [1.82, 2.24) is 0 Å². The molecule has 1 unspecified atom stereocenters. The van der Waals surface area contributed by atoms with Crippen LogP contribution in [0.5, 0.6) is 0 Å². The molecule has 0 aromatic carbocycles. The van der Waals surface area contributed by atoms with Crippen LogP contribution in [-0.4, -0.2) is 35.4 Å². The predicted octanol–water partition coefficient (Wildman–Crippen LogP) is 4.91. The Morgan fingerprint density at radius 3 is 2.58 bits per heavy atom. The Morgan fingerprint density at radius 1 is 1.19 bits per heavy atom. The standard InChI is InChI=1S/C26H42O5/c1-6-17(5)26(29)31-23-12-16(4)11-18-7-9-21(15(2)3)22(25(18)23)10-8-20-13-19(27)14-24(28)30-20/h7,9,15-23,25,27H,6,8,10-14H2,1-5H3/t16-,17?,18-,19+,20+,21+,22-,23-,25-/m0/s1. The first kappa shape index (κ1) is 24.3. The number of carbonyl (C=O) groups is 2. The maximum atomic E-state index is 12.7. The molecular weight excluding hydrogens is 392 g/mol. The maximum Gasteiger partial charge on any atom is 0.308 e. The van der Waals surface area contributed by atoms with E-state index in [1.54, 1.807) is 0 Å². The van der Waals surface area contributed by atoms with Gasteiger partial charge in [-0.15, -0.1) is 0 Å². The van der Waals surface area contributed by atoms with Gasteiger partial charge in [0.25, 0.3) is 0 Å². The molecular formula is C26H42O5. The molecule has 0 amide bonds. The van der Waals surface area contributed by atoms with Crippen LogP contribution in [0.25, 0.3) is 0 Å². The molecule has 0 radical (unpaired) electrons. The molecule has 5 heteroatoms. The average Bonchev–Trinajstić information content (AvgIpc) is 2.69. The minimum Gasteiger partial charge on any atom is -0.462 e. The van der Waals surface area contributed by atoms with Crippen LogP contribution in [0.1, 0.15) is 79.6 Å². The van der Waals surface area contributed by atoms with Gasteiger partial charge < -0.3 is 14.6 Å². The molecule has 5 nitrogen and oxygen atoms in total. The van der Waals surface area contributed by atoms with E-state index in [1.165, 1.54) is 0 Å². The summed E-state index contributed by atoms with van der Waals surface area (Å²) in [4.78, 5) is 24.5. The maximum absolute atomic E-state index is 12.7. The second-order valence-electron chi connectivity index (χ2n) is 10.8. The summed E-state index contributed by atoms with van der Waals surface area (Å²) in [7, 11) is 0. The lowest BCUT2D eigenvalue weighted by atomic mass is 9.58. The second kappa shape index (κ2) is 10.5. The number of carbonyl (C=O) groups excluding carboxylic acids is 2. The molecule has 1 saturated carbocycles. The van der Waals surface area contributed by atoms with Gasteiger partial charge in [-0.1, -0.05) is 46.8 Å². The van der Waals surface area contributed by atoms with Crippen LogP contribution >= 0.6 is 0 Å². The van der Waals surface area contributed by atoms with E-state index in [1.807, 2.05) is 13.8 Å². The fourth-order valence-corrected chi connectivity index (χ4v) is 6.09. The lowest BCUT2D eigenvalue weighted by molar-refractivity contribution is -0.166. The topological polar surface area (TPSA) is 72.8 Å². The molecule has 3 rings (SSSR count). The third-order valence-electron chi connectivity index (χ3n) is 7.91. The number of cyclic esters (lactones) is 1. The molecule has 2 aliphatic carbocycles. The van der Waals surface area contributed by atoms with Gasteiger partial charge in [-0.2, -0.15) is 0 Å². The van der Waals surface area contributed by atoms with E-state index < -0.39 is 6.10 Å². The summed E-state index contributed by atoms with van der Waals surface area (Å²) in [5, 5.41) is 9.99. The summed E-state index contributed by atoms with van der Waals surface area (Å²) in [6.07, 6.45) is 9.09. The van der Waals surface area contributed by atoms with Crippen molar-refractivity contribution in [3.8, 4) is 0 Å². The molecule has 1 saturated heterocycles. The first-order chi connectivity index (χ1) is 14.7. The second-order valence-corrected chi connectivity index (χ2v) is 10.8. The first-order valence-corrected chi connectivity index (χ1v) is 12.5. The summed E-state index contributed by atoms with van der Waals surface area (Å²) >= 11 is 0. The largest absolute Gasteiger partial charge is 0.462 e. The van der Waals surface area contributed by atoms with Crippen molar-refractivity contribution >= 4 is 11.9 Å². The number of hydrogen-bond donors (Lipinski definition) is 1. The summed E-state index contributed by atoms with van der Waals surface area (Å²) in [6, 6.07) is 0. The Hall–Kier alpha value is -1.36. The molecule has 0 spiro atoms. The van der Waals surface area contributed by atoms with Crippen molar-refractivity contribution in [2.75, 3.05) is 0 Å². The smallest absolute Gasteiger partial charge is 0.308 e. The predicted molar refractivity (Wildman–Crippen MR) is 120 cm³/mol. The third kappa shape index (κ3) is 5.91. The Bertz CT molecular complexity index is 656. The summed E-state index contributed by atoms with van der Waals surface area (Å²) < 4.78 is 11.7. The number of aliphatic hydroxyl groups excluding tert-OH is 1. The molecule has 9 atom stereocenters. The van der Waals surface area contributed by atoms with Crippen LogP contribution in [-0.2, 0) is 19.1 Å². The molecule has 0 bridgehead atoms. The third-order valence-corrected chi connectivity index (χ3v) is 7.91. The molecule has 3 aliphatic rings. The molecule has 1 aliphatic heterocycles. The molecule has 176 valence electrons. The van der Waals surface area contributed by atoms with Crippen molar-refractivity contribution in [2.24, 2.45) is 41.4 Å². The zero-order valence-electron chi connectivity index (χ0n) is 20.0. The van der Waals surface area contributed by atoms with Crippen molar-refractivity contribution in [2.45, 2.75) is 97.9 Å². The van der Waals surface area contributed by atoms with E-state index in [-0.39, 0.29) is 36.5 Å². The van der Waals surface area contributed by atoms with Gasteiger partial charge in [0.2, 0.25) is 0 Å². The van der Waals surface area contributed by atoms with Crippen LogP contribution in [0.3, 0.4) is 0 Å². The molecule has 1 N–H and O–H groups in total. The number of rotatable bonds is 7. The van der Waals surface area contributed by atoms with Crippen molar-refractivity contribution in [1.29, 1.82) is 0 Å². The molecule has 0 aromatic rings. The van der Waals surface area contributed by atoms with Gasteiger partial charge in [0.15, 0.2) is 0 Å². The SMILES string of the molecule is CCC(C)C(=O)O[C@H]1C[C@@H](C)C[C@@H]2C=C[C@H](C(C)C)[C@H](CC[C@@H]3C[C@@H](O)CC(=O)O3)[C@@H]12. The van der Waals surface area contributed by atoms with Crippen LogP contribution in [0, 0.1) is 41.4 Å². The zero-order valence-corrected chi connectivity index (χ0v) is 20.0. The van der Waals surface area contributed by atoms with Gasteiger partial charge in [-0.3, -0.25) is 9.59 Å². The number of ether oxygens (including phenoxy) is 2. The van der Waals surface area contributed by atoms with Gasteiger partial charge in [-0.25, -0.2) is 0 Å². The minimum atomic E-state index is -0.592. The summed E-state index contributed by atoms with van der Waals surface area (Å²) in [5.74, 6) is 2.13. The lowest BCUT2D eigenvalue weighted by Crippen LogP contribution is -2.47. The van der Waals surface area contributed by atoms with Gasteiger partial charge in [-0.05, 0) is 61.7 Å². The van der Waals surface area contributed by atoms with Crippen molar-refractivity contribution in [3.05, 3.63) is 12.2 Å². The number of aliphatic hydroxyl groups is 1. The summed E-state index contributed by atoms with van der Waals surface area (Å²) in [6.45, 7) is 10.8. The monoisotopic (exact) mass is 434 g/mol. The van der Waals surface area contributed by atoms with Crippen LogP contribution in [0.2, 0.25) is 0 Å². The average molecular weight is 435 g/mol. The van der Waals surface area contributed by atoms with Crippen molar-refractivity contribution < 1.29 is 24.2 Å². The van der Waals surface area contributed by atoms with Gasteiger partial charge in [0.05, 0.1) is 18.4 Å². The van der Waals surface area contributed by atoms with E-state index in [4.69, 9.17) is 9.47 Å². The Balaban J connectivity index is 1.79. The quantitative estimate of drug-likeness (QED) is 0.455. The lowest BCUT2D eigenvalue weighted by Gasteiger charge is -2.49.